The van der Waals surface area contributed by atoms with E-state index in [9.17, 15) is 18.0 Å². The highest BCUT2D eigenvalue weighted by Gasteiger charge is 2.32. The Hall–Kier alpha value is -2.92. The van der Waals surface area contributed by atoms with Crippen LogP contribution in [0.5, 0.6) is 0 Å². The molecule has 0 aromatic heterocycles. The first-order chi connectivity index (χ1) is 16.7. The van der Waals surface area contributed by atoms with Crippen LogP contribution in [0.25, 0.3) is 0 Å². The Balaban J connectivity index is 2.00. The molecule has 0 aliphatic rings. The summed E-state index contributed by atoms with van der Waals surface area (Å²) < 4.78 is 29.3. The third-order valence-electron chi connectivity index (χ3n) is 5.44. The molecule has 184 valence electrons. The summed E-state index contributed by atoms with van der Waals surface area (Å²) in [4.78, 5) is 27.8. The number of nitrogens with zero attached hydrogens (tertiary/aromatic N) is 2. The average Bonchev–Trinajstić information content (AvgIpc) is 2.87. The molecule has 0 saturated carbocycles. The van der Waals surface area contributed by atoms with Gasteiger partial charge in [0.1, 0.15) is 12.6 Å². The first-order valence-electron chi connectivity index (χ1n) is 11.2. The summed E-state index contributed by atoms with van der Waals surface area (Å²) in [5.41, 5.74) is 1.21. The van der Waals surface area contributed by atoms with Crippen molar-refractivity contribution < 1.29 is 18.0 Å². The lowest BCUT2D eigenvalue weighted by Gasteiger charge is -2.32. The fourth-order valence-corrected chi connectivity index (χ4v) is 5.34. The quantitative estimate of drug-likeness (QED) is 0.354. The minimum absolute atomic E-state index is 0.0812. The Morgan fingerprint density at radius 3 is 2.06 bits per heavy atom. The molecular weight excluding hydrogens is 577 g/mol. The maximum atomic E-state index is 13.7. The second kappa shape index (κ2) is 12.2. The van der Waals surface area contributed by atoms with E-state index in [1.54, 1.807) is 56.3 Å². The molecular formula is C26H28IN3O4S. The van der Waals surface area contributed by atoms with E-state index >= 15 is 0 Å². The van der Waals surface area contributed by atoms with Gasteiger partial charge in [-0.2, -0.15) is 0 Å². The van der Waals surface area contributed by atoms with Crippen molar-refractivity contribution in [2.45, 2.75) is 31.3 Å². The van der Waals surface area contributed by atoms with E-state index in [-0.39, 0.29) is 17.3 Å². The number of carbonyl (C=O) groups is 2. The number of likely N-dealkylation sites (N-methyl/N-ethyl adjacent to an activating group) is 1. The van der Waals surface area contributed by atoms with Crippen molar-refractivity contribution in [3.05, 3.63) is 94.1 Å². The number of hydrogen-bond acceptors (Lipinski definition) is 4. The van der Waals surface area contributed by atoms with Gasteiger partial charge < -0.3 is 10.2 Å². The first kappa shape index (κ1) is 26.7. The normalized spacial score (nSPS) is 12.0. The van der Waals surface area contributed by atoms with Gasteiger partial charge in [0.2, 0.25) is 11.8 Å². The molecule has 1 N–H and O–H groups in total. The van der Waals surface area contributed by atoms with E-state index in [4.69, 9.17) is 0 Å². The van der Waals surface area contributed by atoms with Gasteiger partial charge >= 0.3 is 0 Å². The van der Waals surface area contributed by atoms with E-state index < -0.39 is 28.5 Å². The number of amides is 2. The summed E-state index contributed by atoms with van der Waals surface area (Å²) in [5, 5.41) is 2.75. The van der Waals surface area contributed by atoms with Crippen molar-refractivity contribution in [1.29, 1.82) is 0 Å². The van der Waals surface area contributed by atoms with Crippen LogP contribution in [0.3, 0.4) is 0 Å². The molecule has 2 amide bonds. The van der Waals surface area contributed by atoms with Crippen molar-refractivity contribution in [2.24, 2.45) is 0 Å². The van der Waals surface area contributed by atoms with E-state index in [0.717, 1.165) is 13.4 Å². The summed E-state index contributed by atoms with van der Waals surface area (Å²) in [6.07, 6.45) is 0. The molecule has 3 aromatic rings. The van der Waals surface area contributed by atoms with Gasteiger partial charge in [-0.25, -0.2) is 8.42 Å². The van der Waals surface area contributed by atoms with Crippen LogP contribution in [0.1, 0.15) is 19.4 Å². The van der Waals surface area contributed by atoms with Crippen LogP contribution in [0.4, 0.5) is 5.69 Å². The topological polar surface area (TPSA) is 86.8 Å². The van der Waals surface area contributed by atoms with E-state index in [1.165, 1.54) is 17.0 Å². The highest BCUT2D eigenvalue weighted by molar-refractivity contribution is 14.1. The Kier molecular flexibility index (Phi) is 9.27. The van der Waals surface area contributed by atoms with E-state index in [0.29, 0.717) is 12.2 Å². The summed E-state index contributed by atoms with van der Waals surface area (Å²) in [5.74, 6) is -0.783. The summed E-state index contributed by atoms with van der Waals surface area (Å²) in [6.45, 7) is 3.59. The fraction of sp³-hybridized carbons (Fsp3) is 0.231. The molecule has 0 saturated heterocycles. The van der Waals surface area contributed by atoms with Gasteiger partial charge in [-0.1, -0.05) is 48.5 Å². The third kappa shape index (κ3) is 6.82. The molecule has 0 radical (unpaired) electrons. The highest BCUT2D eigenvalue weighted by atomic mass is 127. The van der Waals surface area contributed by atoms with Gasteiger partial charge in [0.15, 0.2) is 0 Å². The minimum Gasteiger partial charge on any atom is -0.355 e. The zero-order valence-electron chi connectivity index (χ0n) is 19.6. The van der Waals surface area contributed by atoms with Gasteiger partial charge in [0, 0.05) is 16.7 Å². The predicted octanol–water partition coefficient (Wildman–Crippen LogP) is 4.04. The molecule has 3 aromatic carbocycles. The van der Waals surface area contributed by atoms with Crippen LogP contribution >= 0.6 is 22.6 Å². The number of anilines is 1. The molecule has 0 aliphatic heterocycles. The molecule has 9 heteroatoms. The van der Waals surface area contributed by atoms with Crippen molar-refractivity contribution in [1.82, 2.24) is 10.2 Å². The molecule has 7 nitrogen and oxygen atoms in total. The molecule has 35 heavy (non-hydrogen) atoms. The lowest BCUT2D eigenvalue weighted by Crippen LogP contribution is -2.51. The second-order valence-electron chi connectivity index (χ2n) is 7.88. The average molecular weight is 605 g/mol. The van der Waals surface area contributed by atoms with Gasteiger partial charge in [0.25, 0.3) is 10.0 Å². The van der Waals surface area contributed by atoms with Crippen LogP contribution in [0.2, 0.25) is 0 Å². The smallest absolute Gasteiger partial charge is 0.264 e. The number of halogens is 1. The number of carbonyl (C=O) groups excluding carboxylic acids is 2. The standard InChI is InChI=1S/C26H28IN3O4S/c1-3-28-26(32)20(2)29(18-21-10-6-4-7-11-21)25(31)19-30(23-16-14-22(27)15-17-23)35(33,34)24-12-8-5-9-13-24/h4-17,20H,3,18-19H2,1-2H3,(H,28,32). The number of nitrogens with one attached hydrogen (secondary N) is 1. The Bertz CT molecular complexity index is 1240. The largest absolute Gasteiger partial charge is 0.355 e. The number of rotatable bonds is 10. The zero-order valence-corrected chi connectivity index (χ0v) is 22.6. The number of benzene rings is 3. The Labute approximate surface area is 220 Å². The first-order valence-corrected chi connectivity index (χ1v) is 13.7. The van der Waals surface area contributed by atoms with E-state index in [2.05, 4.69) is 27.9 Å². The molecule has 1 unspecified atom stereocenters. The van der Waals surface area contributed by atoms with Crippen molar-refractivity contribution in [2.75, 3.05) is 17.4 Å². The maximum Gasteiger partial charge on any atom is 0.264 e. The van der Waals surface area contributed by atoms with E-state index in [1.807, 2.05) is 30.3 Å². The molecule has 0 fully saturated rings. The molecule has 0 aliphatic carbocycles. The molecule has 0 heterocycles. The van der Waals surface area contributed by atoms with Crippen LogP contribution in [0, 0.1) is 3.57 Å². The second-order valence-corrected chi connectivity index (χ2v) is 11.0. The van der Waals surface area contributed by atoms with Gasteiger partial charge in [0.05, 0.1) is 10.6 Å². The predicted molar refractivity (Wildman–Crippen MR) is 145 cm³/mol. The molecule has 1 atom stereocenters. The summed E-state index contributed by atoms with van der Waals surface area (Å²) >= 11 is 2.14. The van der Waals surface area contributed by atoms with Gasteiger partial charge in [-0.05, 0) is 78.4 Å². The van der Waals surface area contributed by atoms with Crippen molar-refractivity contribution >= 4 is 50.1 Å². The molecule has 0 spiro atoms. The maximum absolute atomic E-state index is 13.7. The van der Waals surface area contributed by atoms with Gasteiger partial charge in [-0.15, -0.1) is 0 Å². The number of sulfonamides is 1. The third-order valence-corrected chi connectivity index (χ3v) is 7.95. The Morgan fingerprint density at radius 2 is 1.49 bits per heavy atom. The summed E-state index contributed by atoms with van der Waals surface area (Å²) in [6, 6.07) is 23.4. The monoisotopic (exact) mass is 605 g/mol. The zero-order chi connectivity index (χ0) is 25.4. The van der Waals surface area contributed by atoms with Crippen molar-refractivity contribution in [3.63, 3.8) is 0 Å². The molecule has 0 bridgehead atoms. The van der Waals surface area contributed by atoms with Crippen LogP contribution in [-0.2, 0) is 26.2 Å². The Morgan fingerprint density at radius 1 is 0.914 bits per heavy atom. The summed E-state index contributed by atoms with van der Waals surface area (Å²) in [7, 11) is -4.04. The molecule has 3 rings (SSSR count). The van der Waals surface area contributed by atoms with Crippen LogP contribution < -0.4 is 9.62 Å². The lowest BCUT2D eigenvalue weighted by atomic mass is 10.1. The highest BCUT2D eigenvalue weighted by Crippen LogP contribution is 2.25. The van der Waals surface area contributed by atoms with Crippen LogP contribution in [-0.4, -0.2) is 44.3 Å². The van der Waals surface area contributed by atoms with Crippen LogP contribution in [0.15, 0.2) is 89.8 Å². The SMILES string of the molecule is CCNC(=O)C(C)N(Cc1ccccc1)C(=O)CN(c1ccc(I)cc1)S(=O)(=O)c1ccccc1. The number of hydrogen-bond donors (Lipinski definition) is 1. The lowest BCUT2D eigenvalue weighted by molar-refractivity contribution is -0.139. The van der Waals surface area contributed by atoms with Crippen molar-refractivity contribution in [3.8, 4) is 0 Å². The van der Waals surface area contributed by atoms with Gasteiger partial charge in [-0.3, -0.25) is 13.9 Å². The fourth-order valence-electron chi connectivity index (χ4n) is 3.54. The minimum atomic E-state index is -4.04.